The van der Waals surface area contributed by atoms with Crippen molar-refractivity contribution in [1.82, 2.24) is 15.1 Å². The van der Waals surface area contributed by atoms with Gasteiger partial charge in [-0.3, -0.25) is 14.6 Å². The molecule has 2 aromatic rings. The van der Waals surface area contributed by atoms with E-state index in [2.05, 4.69) is 81.7 Å². The smallest absolute Gasteiger partial charge is 0.237 e. The minimum absolute atomic E-state index is 0.0250. The molecule has 1 atom stereocenters. The van der Waals surface area contributed by atoms with Crippen molar-refractivity contribution in [2.24, 2.45) is 0 Å². The van der Waals surface area contributed by atoms with Gasteiger partial charge in [-0.15, -0.1) is 0 Å². The first-order valence-electron chi connectivity index (χ1n) is 11.3. The van der Waals surface area contributed by atoms with Gasteiger partial charge >= 0.3 is 0 Å². The van der Waals surface area contributed by atoms with Crippen LogP contribution in [0.4, 0.5) is 5.69 Å². The third-order valence-electron chi connectivity index (χ3n) is 6.53. The topological polar surface area (TPSA) is 38.8 Å². The summed E-state index contributed by atoms with van der Waals surface area (Å²) in [7, 11) is 2.06. The van der Waals surface area contributed by atoms with Crippen LogP contribution in [0.25, 0.3) is 0 Å². The monoisotopic (exact) mass is 406 g/mol. The standard InChI is InChI=1S/C25H34N4O/c1-27-14-8-7-13-24(27)25(30)26-19-21-9-5-6-10-22(21)20-28-15-17-29(18-16-28)23-11-3-2-4-12-23/h2-6,9-12,24H,7-8,13-20H2,1H3,(H,26,30). The van der Waals surface area contributed by atoms with Gasteiger partial charge in [0.1, 0.15) is 0 Å². The summed E-state index contributed by atoms with van der Waals surface area (Å²) in [6.45, 7) is 6.80. The number of carbonyl (C=O) groups excluding carboxylic acids is 1. The van der Waals surface area contributed by atoms with E-state index in [1.165, 1.54) is 23.2 Å². The van der Waals surface area contributed by atoms with Crippen LogP contribution in [0.2, 0.25) is 0 Å². The van der Waals surface area contributed by atoms with Crippen molar-refractivity contribution in [1.29, 1.82) is 0 Å². The molecule has 2 aromatic carbocycles. The highest BCUT2D eigenvalue weighted by Gasteiger charge is 2.25. The van der Waals surface area contributed by atoms with E-state index < -0.39 is 0 Å². The molecule has 2 aliphatic heterocycles. The molecule has 4 rings (SSSR count). The maximum Gasteiger partial charge on any atom is 0.237 e. The second-order valence-corrected chi connectivity index (χ2v) is 8.58. The maximum absolute atomic E-state index is 12.7. The zero-order valence-electron chi connectivity index (χ0n) is 18.1. The molecular weight excluding hydrogens is 372 g/mol. The number of para-hydroxylation sites is 1. The summed E-state index contributed by atoms with van der Waals surface area (Å²) < 4.78 is 0. The Hall–Kier alpha value is -2.37. The fourth-order valence-corrected chi connectivity index (χ4v) is 4.63. The molecule has 2 aliphatic rings. The Kier molecular flexibility index (Phi) is 7.03. The van der Waals surface area contributed by atoms with Crippen LogP contribution in [0.3, 0.4) is 0 Å². The van der Waals surface area contributed by atoms with Gasteiger partial charge in [0.05, 0.1) is 6.04 Å². The van der Waals surface area contributed by atoms with Crippen molar-refractivity contribution >= 4 is 11.6 Å². The molecule has 5 nitrogen and oxygen atoms in total. The number of nitrogens with one attached hydrogen (secondary N) is 1. The van der Waals surface area contributed by atoms with E-state index in [0.717, 1.165) is 52.1 Å². The van der Waals surface area contributed by atoms with Crippen molar-refractivity contribution in [3.05, 3.63) is 65.7 Å². The molecule has 2 saturated heterocycles. The predicted molar refractivity (Wildman–Crippen MR) is 122 cm³/mol. The number of piperidine rings is 1. The Labute approximate surface area is 180 Å². The number of nitrogens with zero attached hydrogens (tertiary/aromatic N) is 3. The Morgan fingerprint density at radius 3 is 2.33 bits per heavy atom. The number of anilines is 1. The number of likely N-dealkylation sites (N-methyl/N-ethyl adjacent to an activating group) is 1. The molecule has 0 radical (unpaired) electrons. The van der Waals surface area contributed by atoms with Gasteiger partial charge in [0.25, 0.3) is 0 Å². The summed E-state index contributed by atoms with van der Waals surface area (Å²) in [4.78, 5) is 19.9. The Morgan fingerprint density at radius 1 is 0.900 bits per heavy atom. The number of piperazine rings is 1. The second-order valence-electron chi connectivity index (χ2n) is 8.58. The highest BCUT2D eigenvalue weighted by molar-refractivity contribution is 5.81. The van der Waals surface area contributed by atoms with E-state index in [0.29, 0.717) is 6.54 Å². The summed E-state index contributed by atoms with van der Waals surface area (Å²) in [5.74, 6) is 0.170. The molecule has 1 N–H and O–H groups in total. The minimum Gasteiger partial charge on any atom is -0.369 e. The summed E-state index contributed by atoms with van der Waals surface area (Å²) in [6.07, 6.45) is 3.31. The fraction of sp³-hybridized carbons (Fsp3) is 0.480. The van der Waals surface area contributed by atoms with Crippen molar-refractivity contribution in [3.8, 4) is 0 Å². The summed E-state index contributed by atoms with van der Waals surface area (Å²) in [5, 5.41) is 3.20. The van der Waals surface area contributed by atoms with Crippen LogP contribution in [-0.4, -0.2) is 61.5 Å². The number of hydrogen-bond donors (Lipinski definition) is 1. The number of rotatable bonds is 6. The molecule has 0 bridgehead atoms. The zero-order chi connectivity index (χ0) is 20.8. The third-order valence-corrected chi connectivity index (χ3v) is 6.53. The van der Waals surface area contributed by atoms with E-state index >= 15 is 0 Å². The van der Waals surface area contributed by atoms with E-state index in [4.69, 9.17) is 0 Å². The maximum atomic E-state index is 12.7. The van der Waals surface area contributed by atoms with Crippen LogP contribution in [0.5, 0.6) is 0 Å². The number of likely N-dealkylation sites (tertiary alicyclic amines) is 1. The van der Waals surface area contributed by atoms with Gasteiger partial charge < -0.3 is 10.2 Å². The number of carbonyl (C=O) groups is 1. The average molecular weight is 407 g/mol. The number of amides is 1. The normalized spacial score (nSPS) is 20.8. The van der Waals surface area contributed by atoms with E-state index in [1.54, 1.807) is 0 Å². The van der Waals surface area contributed by atoms with Crippen LogP contribution < -0.4 is 10.2 Å². The minimum atomic E-state index is 0.0250. The molecule has 30 heavy (non-hydrogen) atoms. The number of hydrogen-bond acceptors (Lipinski definition) is 4. The highest BCUT2D eigenvalue weighted by atomic mass is 16.2. The molecular formula is C25H34N4O. The first-order valence-corrected chi connectivity index (χ1v) is 11.3. The van der Waals surface area contributed by atoms with E-state index in [1.807, 2.05) is 0 Å². The molecule has 160 valence electrons. The predicted octanol–water partition coefficient (Wildman–Crippen LogP) is 3.11. The largest absolute Gasteiger partial charge is 0.369 e. The summed E-state index contributed by atoms with van der Waals surface area (Å²) in [5.41, 5.74) is 3.87. The Bertz CT molecular complexity index is 817. The van der Waals surface area contributed by atoms with Gasteiger partial charge in [-0.25, -0.2) is 0 Å². The summed E-state index contributed by atoms with van der Waals surface area (Å²) >= 11 is 0. The highest BCUT2D eigenvalue weighted by Crippen LogP contribution is 2.19. The first kappa shape index (κ1) is 20.9. The van der Waals surface area contributed by atoms with Gasteiger partial charge in [-0.1, -0.05) is 48.9 Å². The van der Waals surface area contributed by atoms with Gasteiger partial charge in [-0.2, -0.15) is 0 Å². The molecule has 1 amide bonds. The fourth-order valence-electron chi connectivity index (χ4n) is 4.63. The van der Waals surface area contributed by atoms with E-state index in [9.17, 15) is 4.79 Å². The average Bonchev–Trinajstić information content (AvgIpc) is 2.80. The van der Waals surface area contributed by atoms with E-state index in [-0.39, 0.29) is 11.9 Å². The lowest BCUT2D eigenvalue weighted by Crippen LogP contribution is -2.47. The van der Waals surface area contributed by atoms with Crippen LogP contribution in [0.15, 0.2) is 54.6 Å². The van der Waals surface area contributed by atoms with Crippen LogP contribution in [0.1, 0.15) is 30.4 Å². The van der Waals surface area contributed by atoms with Crippen molar-refractivity contribution < 1.29 is 4.79 Å². The zero-order valence-corrected chi connectivity index (χ0v) is 18.1. The van der Waals surface area contributed by atoms with Crippen LogP contribution >= 0.6 is 0 Å². The van der Waals surface area contributed by atoms with Crippen molar-refractivity contribution in [3.63, 3.8) is 0 Å². The van der Waals surface area contributed by atoms with Gasteiger partial charge in [0, 0.05) is 45.0 Å². The van der Waals surface area contributed by atoms with Crippen molar-refractivity contribution in [2.75, 3.05) is 44.7 Å². The first-order chi connectivity index (χ1) is 14.7. The summed E-state index contributed by atoms with van der Waals surface area (Å²) in [6, 6.07) is 19.2. The molecule has 5 heteroatoms. The molecule has 0 saturated carbocycles. The Morgan fingerprint density at radius 2 is 1.60 bits per heavy atom. The molecule has 0 aromatic heterocycles. The molecule has 0 aliphatic carbocycles. The van der Waals surface area contributed by atoms with Gasteiger partial charge in [-0.05, 0) is 49.7 Å². The lowest BCUT2D eigenvalue weighted by Gasteiger charge is -2.36. The second kappa shape index (κ2) is 10.1. The van der Waals surface area contributed by atoms with Gasteiger partial charge in [0.2, 0.25) is 5.91 Å². The van der Waals surface area contributed by atoms with Crippen LogP contribution in [-0.2, 0) is 17.9 Å². The van der Waals surface area contributed by atoms with Gasteiger partial charge in [0.15, 0.2) is 0 Å². The Balaban J connectivity index is 1.31. The lowest BCUT2D eigenvalue weighted by molar-refractivity contribution is -0.127. The van der Waals surface area contributed by atoms with Crippen molar-refractivity contribution in [2.45, 2.75) is 38.4 Å². The molecule has 2 heterocycles. The third kappa shape index (κ3) is 5.21. The SMILES string of the molecule is CN1CCCCC1C(=O)NCc1ccccc1CN1CCN(c2ccccc2)CC1. The lowest BCUT2D eigenvalue weighted by atomic mass is 10.0. The molecule has 0 spiro atoms. The number of benzene rings is 2. The van der Waals surface area contributed by atoms with Crippen LogP contribution in [0, 0.1) is 0 Å². The molecule has 2 fully saturated rings. The molecule has 1 unspecified atom stereocenters. The quantitative estimate of drug-likeness (QED) is 0.800.